The summed E-state index contributed by atoms with van der Waals surface area (Å²) in [6, 6.07) is 4.23. The van der Waals surface area contributed by atoms with Gasteiger partial charge in [0.2, 0.25) is 0 Å². The Morgan fingerprint density at radius 1 is 1.21 bits per heavy atom. The first-order chi connectivity index (χ1) is 13.2. The van der Waals surface area contributed by atoms with Gasteiger partial charge in [-0.25, -0.2) is 18.2 Å². The Kier molecular flexibility index (Phi) is 5.04. The Balaban J connectivity index is 2.18. The number of pyridine rings is 1. The van der Waals surface area contributed by atoms with Gasteiger partial charge in [0, 0.05) is 23.2 Å². The Bertz CT molecular complexity index is 1080. The molecule has 1 atom stereocenters. The van der Waals surface area contributed by atoms with E-state index >= 15 is 0 Å². The van der Waals surface area contributed by atoms with Crippen LogP contribution in [0.1, 0.15) is 26.3 Å². The molecule has 0 unspecified atom stereocenters. The summed E-state index contributed by atoms with van der Waals surface area (Å²) >= 11 is 0. The molecule has 1 aromatic carbocycles. The van der Waals surface area contributed by atoms with E-state index in [4.69, 9.17) is 0 Å². The number of fused-ring (bicyclic) bond motifs is 1. The van der Waals surface area contributed by atoms with Crippen LogP contribution in [0.4, 0.5) is 19.0 Å². The topological polar surface area (TPSA) is 84.7 Å². The van der Waals surface area contributed by atoms with E-state index in [2.05, 4.69) is 15.3 Å². The first-order valence-electron chi connectivity index (χ1n) is 8.60. The van der Waals surface area contributed by atoms with Gasteiger partial charge in [-0.2, -0.15) is 5.26 Å². The minimum atomic E-state index is -0.784. The van der Waals surface area contributed by atoms with Crippen molar-refractivity contribution in [2.75, 3.05) is 11.9 Å². The highest BCUT2D eigenvalue weighted by Gasteiger charge is 2.26. The number of hydrogen-bond acceptors (Lipinski definition) is 4. The number of aliphatic hydroxyl groups is 1. The van der Waals surface area contributed by atoms with Crippen molar-refractivity contribution in [1.82, 2.24) is 9.97 Å². The Morgan fingerprint density at radius 3 is 2.54 bits per heavy atom. The molecule has 0 fully saturated rings. The van der Waals surface area contributed by atoms with Gasteiger partial charge in [0.05, 0.1) is 29.4 Å². The second kappa shape index (κ2) is 7.17. The van der Waals surface area contributed by atoms with Gasteiger partial charge in [-0.15, -0.1) is 0 Å². The molecule has 0 saturated carbocycles. The normalized spacial score (nSPS) is 12.8. The first-order valence-corrected chi connectivity index (χ1v) is 8.60. The lowest BCUT2D eigenvalue weighted by Crippen LogP contribution is -2.37. The molecule has 146 valence electrons. The van der Waals surface area contributed by atoms with Crippen molar-refractivity contribution in [3.63, 3.8) is 0 Å². The van der Waals surface area contributed by atoms with Crippen molar-refractivity contribution < 1.29 is 18.3 Å². The highest BCUT2D eigenvalue weighted by Crippen LogP contribution is 2.34. The zero-order valence-corrected chi connectivity index (χ0v) is 15.6. The van der Waals surface area contributed by atoms with Crippen molar-refractivity contribution >= 4 is 16.7 Å². The Labute approximate surface area is 159 Å². The highest BCUT2D eigenvalue weighted by molar-refractivity contribution is 5.96. The predicted octanol–water partition coefficient (Wildman–Crippen LogP) is 4.34. The number of rotatable bonds is 4. The molecule has 2 heterocycles. The summed E-state index contributed by atoms with van der Waals surface area (Å²) < 4.78 is 42.2. The van der Waals surface area contributed by atoms with Crippen molar-refractivity contribution in [3.05, 3.63) is 47.4 Å². The van der Waals surface area contributed by atoms with E-state index in [1.54, 1.807) is 0 Å². The van der Waals surface area contributed by atoms with Gasteiger partial charge in [0.15, 0.2) is 11.6 Å². The lowest BCUT2D eigenvalue weighted by Gasteiger charge is -2.30. The van der Waals surface area contributed by atoms with E-state index in [0.29, 0.717) is 0 Å². The fourth-order valence-electron chi connectivity index (χ4n) is 2.93. The average Bonchev–Trinajstić information content (AvgIpc) is 3.03. The summed E-state index contributed by atoms with van der Waals surface area (Å²) in [7, 11) is 0. The van der Waals surface area contributed by atoms with Crippen LogP contribution in [-0.2, 0) is 0 Å². The van der Waals surface area contributed by atoms with Crippen LogP contribution in [0, 0.1) is 34.2 Å². The molecule has 8 heteroatoms. The van der Waals surface area contributed by atoms with Crippen LogP contribution in [0.2, 0.25) is 0 Å². The van der Waals surface area contributed by atoms with E-state index in [1.165, 1.54) is 6.20 Å². The van der Waals surface area contributed by atoms with Crippen LogP contribution in [0.3, 0.4) is 0 Å². The Morgan fingerprint density at radius 2 is 1.93 bits per heavy atom. The van der Waals surface area contributed by atoms with Crippen molar-refractivity contribution in [2.24, 2.45) is 5.41 Å². The van der Waals surface area contributed by atoms with Gasteiger partial charge in [0.1, 0.15) is 17.7 Å². The van der Waals surface area contributed by atoms with Crippen molar-refractivity contribution in [1.29, 1.82) is 5.26 Å². The maximum absolute atomic E-state index is 14.5. The fraction of sp³-hybridized carbons (Fsp3) is 0.300. The number of aromatic amines is 1. The lowest BCUT2D eigenvalue weighted by atomic mass is 9.87. The second-order valence-electron chi connectivity index (χ2n) is 7.58. The maximum Gasteiger partial charge on any atom is 0.166 e. The fourth-order valence-corrected chi connectivity index (χ4v) is 2.93. The molecule has 2 aromatic heterocycles. The summed E-state index contributed by atoms with van der Waals surface area (Å²) in [5, 5.41) is 22.1. The average molecular weight is 388 g/mol. The minimum Gasteiger partial charge on any atom is -0.394 e. The van der Waals surface area contributed by atoms with Crippen LogP contribution in [0.25, 0.3) is 22.2 Å². The molecule has 0 aliphatic heterocycles. The number of hydrogen-bond donors (Lipinski definition) is 3. The third-order valence-corrected chi connectivity index (χ3v) is 4.60. The van der Waals surface area contributed by atoms with Crippen LogP contribution in [0.15, 0.2) is 24.4 Å². The number of aliphatic hydroxyl groups excluding tert-OH is 1. The SMILES string of the molecule is CC(C)(C)[C@@H](CO)Nc1nc(-c2c[nH]c3c(F)cc(F)cc23)c(C#N)cc1F. The van der Waals surface area contributed by atoms with Crippen LogP contribution in [-0.4, -0.2) is 27.7 Å². The molecule has 0 amide bonds. The molecule has 0 saturated heterocycles. The number of nitrogens with one attached hydrogen (secondary N) is 2. The zero-order chi connectivity index (χ0) is 20.6. The second-order valence-corrected chi connectivity index (χ2v) is 7.58. The standard InChI is InChI=1S/C20H19F3N4O/c1-20(2,3)16(9-28)26-19-15(23)4-10(7-24)17(27-19)13-8-25-18-12(13)5-11(21)6-14(18)22/h4-6,8,16,25,28H,9H2,1-3H3,(H,26,27)/t16-/m1/s1. The molecule has 3 N–H and O–H groups in total. The molecule has 5 nitrogen and oxygen atoms in total. The van der Waals surface area contributed by atoms with Gasteiger partial charge in [-0.05, 0) is 17.5 Å². The molecular weight excluding hydrogens is 369 g/mol. The third kappa shape index (κ3) is 3.53. The molecule has 28 heavy (non-hydrogen) atoms. The highest BCUT2D eigenvalue weighted by atomic mass is 19.1. The first kappa shape index (κ1) is 19.7. The maximum atomic E-state index is 14.5. The van der Waals surface area contributed by atoms with Gasteiger partial charge in [-0.1, -0.05) is 20.8 Å². The quantitative estimate of drug-likeness (QED) is 0.621. The molecule has 0 bridgehead atoms. The summed E-state index contributed by atoms with van der Waals surface area (Å²) in [5.41, 5.74) is -0.0735. The zero-order valence-electron chi connectivity index (χ0n) is 15.6. The van der Waals surface area contributed by atoms with Gasteiger partial charge in [-0.3, -0.25) is 0 Å². The third-order valence-electron chi connectivity index (χ3n) is 4.60. The number of benzene rings is 1. The summed E-state index contributed by atoms with van der Waals surface area (Å²) in [6.07, 6.45) is 1.39. The molecule has 3 aromatic rings. The number of H-pyrrole nitrogens is 1. The Hall–Kier alpha value is -3.05. The number of anilines is 1. The van der Waals surface area contributed by atoms with Gasteiger partial charge >= 0.3 is 0 Å². The molecule has 0 spiro atoms. The van der Waals surface area contributed by atoms with E-state index in [9.17, 15) is 23.5 Å². The smallest absolute Gasteiger partial charge is 0.166 e. The van der Waals surface area contributed by atoms with Crippen LogP contribution in [0.5, 0.6) is 0 Å². The van der Waals surface area contributed by atoms with E-state index in [1.807, 2.05) is 26.8 Å². The van der Waals surface area contributed by atoms with Crippen LogP contribution < -0.4 is 5.32 Å². The molecular formula is C20H19F3N4O. The number of nitriles is 1. The summed E-state index contributed by atoms with van der Waals surface area (Å²) in [5.74, 6) is -2.49. The number of aromatic nitrogens is 2. The summed E-state index contributed by atoms with van der Waals surface area (Å²) in [4.78, 5) is 6.91. The van der Waals surface area contributed by atoms with E-state index < -0.39 is 28.9 Å². The van der Waals surface area contributed by atoms with Gasteiger partial charge < -0.3 is 15.4 Å². The number of nitrogens with zero attached hydrogens (tertiary/aromatic N) is 2. The van der Waals surface area contributed by atoms with Crippen molar-refractivity contribution in [2.45, 2.75) is 26.8 Å². The van der Waals surface area contributed by atoms with Gasteiger partial charge in [0.25, 0.3) is 0 Å². The van der Waals surface area contributed by atoms with Crippen LogP contribution >= 0.6 is 0 Å². The molecule has 3 rings (SSSR count). The number of halogens is 3. The molecule has 0 aliphatic carbocycles. The summed E-state index contributed by atoms with van der Waals surface area (Å²) in [6.45, 7) is 5.35. The lowest BCUT2D eigenvalue weighted by molar-refractivity contribution is 0.201. The monoisotopic (exact) mass is 388 g/mol. The largest absolute Gasteiger partial charge is 0.394 e. The molecule has 0 aliphatic rings. The minimum absolute atomic E-state index is 0.0591. The molecule has 0 radical (unpaired) electrons. The van der Waals surface area contributed by atoms with E-state index in [-0.39, 0.29) is 40.1 Å². The predicted molar refractivity (Wildman–Crippen MR) is 100 cm³/mol. The van der Waals surface area contributed by atoms with Crippen molar-refractivity contribution in [3.8, 4) is 17.3 Å². The van der Waals surface area contributed by atoms with E-state index in [0.717, 1.165) is 18.2 Å².